The second-order valence-corrected chi connectivity index (χ2v) is 2.91. The van der Waals surface area contributed by atoms with Gasteiger partial charge in [0.25, 0.3) is 0 Å². The second kappa shape index (κ2) is 3.72. The molecule has 0 spiro atoms. The topological polar surface area (TPSA) is 38.3 Å². The zero-order chi connectivity index (χ0) is 8.27. The maximum Gasteiger partial charge on any atom is 0.302 e. The predicted octanol–water partition coefficient (Wildman–Crippen LogP) is 0.690. The molecule has 0 aliphatic carbocycles. The first kappa shape index (κ1) is 8.53. The predicted molar refractivity (Wildman–Crippen MR) is 42.3 cm³/mol. The van der Waals surface area contributed by atoms with Crippen molar-refractivity contribution in [2.24, 2.45) is 0 Å². The molecule has 0 aromatic heterocycles. The van der Waals surface area contributed by atoms with E-state index in [1.165, 1.54) is 6.92 Å². The Morgan fingerprint density at radius 2 is 2.45 bits per heavy atom. The van der Waals surface area contributed by atoms with Gasteiger partial charge in [0.05, 0.1) is 0 Å². The average Bonchev–Trinajstić information content (AvgIpc) is 2.34. The maximum absolute atomic E-state index is 10.6. The number of nitrogens with one attached hydrogen (secondary N) is 1. The van der Waals surface area contributed by atoms with Crippen LogP contribution in [0.15, 0.2) is 0 Å². The molecule has 1 aliphatic rings. The summed E-state index contributed by atoms with van der Waals surface area (Å²) in [7, 11) is 0. The Balaban J connectivity index is 2.37. The van der Waals surface area contributed by atoms with Crippen LogP contribution in [0.3, 0.4) is 0 Å². The summed E-state index contributed by atoms with van der Waals surface area (Å²) in [6.45, 7) is 4.53. The number of ether oxygens (including phenoxy) is 1. The van der Waals surface area contributed by atoms with Crippen molar-refractivity contribution >= 4 is 5.97 Å². The van der Waals surface area contributed by atoms with Crippen molar-refractivity contribution in [3.8, 4) is 0 Å². The fourth-order valence-electron chi connectivity index (χ4n) is 1.51. The Labute approximate surface area is 67.1 Å². The van der Waals surface area contributed by atoms with Crippen LogP contribution in [0.25, 0.3) is 0 Å². The van der Waals surface area contributed by atoms with Gasteiger partial charge in [0.1, 0.15) is 6.10 Å². The van der Waals surface area contributed by atoms with Crippen molar-refractivity contribution in [1.82, 2.24) is 5.32 Å². The van der Waals surface area contributed by atoms with Gasteiger partial charge >= 0.3 is 5.97 Å². The van der Waals surface area contributed by atoms with Crippen molar-refractivity contribution in [3.05, 3.63) is 0 Å². The summed E-state index contributed by atoms with van der Waals surface area (Å²) in [4.78, 5) is 10.6. The fraction of sp³-hybridized carbons (Fsp3) is 0.875. The van der Waals surface area contributed by atoms with Crippen LogP contribution in [0.2, 0.25) is 0 Å². The summed E-state index contributed by atoms with van der Waals surface area (Å²) >= 11 is 0. The number of hydrogen-bond donors (Lipinski definition) is 1. The van der Waals surface area contributed by atoms with Gasteiger partial charge in [-0.25, -0.2) is 0 Å². The molecule has 0 unspecified atom stereocenters. The molecule has 0 bridgehead atoms. The van der Waals surface area contributed by atoms with Crippen molar-refractivity contribution in [2.45, 2.75) is 38.8 Å². The molecule has 0 amide bonds. The quantitative estimate of drug-likeness (QED) is 0.599. The van der Waals surface area contributed by atoms with E-state index in [-0.39, 0.29) is 12.1 Å². The highest BCUT2D eigenvalue weighted by molar-refractivity contribution is 5.66. The van der Waals surface area contributed by atoms with Gasteiger partial charge in [-0.05, 0) is 19.4 Å². The van der Waals surface area contributed by atoms with Gasteiger partial charge in [-0.15, -0.1) is 0 Å². The monoisotopic (exact) mass is 157 g/mol. The van der Waals surface area contributed by atoms with Crippen LogP contribution in [-0.4, -0.2) is 24.7 Å². The molecule has 1 fully saturated rings. The summed E-state index contributed by atoms with van der Waals surface area (Å²) < 4.78 is 5.11. The standard InChI is InChI=1S/C8H15NO2/c1-3-7-8(4-5-9-7)11-6(2)10/h7-9H,3-5H2,1-2H3/t7-,8+/m0/s1. The lowest BCUT2D eigenvalue weighted by Crippen LogP contribution is -2.32. The van der Waals surface area contributed by atoms with E-state index in [0.29, 0.717) is 6.04 Å². The van der Waals surface area contributed by atoms with E-state index >= 15 is 0 Å². The van der Waals surface area contributed by atoms with Crippen LogP contribution in [0.1, 0.15) is 26.7 Å². The normalized spacial score (nSPS) is 30.4. The molecule has 11 heavy (non-hydrogen) atoms. The number of esters is 1. The summed E-state index contributed by atoms with van der Waals surface area (Å²) in [6.07, 6.45) is 2.09. The largest absolute Gasteiger partial charge is 0.461 e. The van der Waals surface area contributed by atoms with Gasteiger partial charge in [-0.2, -0.15) is 0 Å². The minimum absolute atomic E-state index is 0.109. The molecule has 3 heteroatoms. The molecule has 1 N–H and O–H groups in total. The Kier molecular flexibility index (Phi) is 2.88. The molecule has 1 rings (SSSR count). The van der Waals surface area contributed by atoms with E-state index in [1.54, 1.807) is 0 Å². The lowest BCUT2D eigenvalue weighted by Gasteiger charge is -2.16. The number of hydrogen-bond acceptors (Lipinski definition) is 3. The summed E-state index contributed by atoms with van der Waals surface area (Å²) in [6, 6.07) is 0.374. The van der Waals surface area contributed by atoms with Crippen LogP contribution in [0, 0.1) is 0 Å². The third kappa shape index (κ3) is 2.19. The highest BCUT2D eigenvalue weighted by atomic mass is 16.5. The summed E-state index contributed by atoms with van der Waals surface area (Å²) in [5, 5.41) is 3.28. The first-order chi connectivity index (χ1) is 5.24. The van der Waals surface area contributed by atoms with E-state index in [1.807, 2.05) is 0 Å². The van der Waals surface area contributed by atoms with E-state index < -0.39 is 0 Å². The molecular weight excluding hydrogens is 142 g/mol. The molecule has 2 atom stereocenters. The van der Waals surface area contributed by atoms with Gasteiger partial charge in [0, 0.05) is 13.0 Å². The Hall–Kier alpha value is -0.570. The smallest absolute Gasteiger partial charge is 0.302 e. The first-order valence-electron chi connectivity index (χ1n) is 4.14. The van der Waals surface area contributed by atoms with Crippen molar-refractivity contribution in [1.29, 1.82) is 0 Å². The SMILES string of the molecule is CC[C@@H]1NCC[C@H]1OC(C)=O. The molecule has 0 radical (unpaired) electrons. The molecule has 1 heterocycles. The number of carbonyl (C=O) groups is 1. The van der Waals surface area contributed by atoms with Gasteiger partial charge < -0.3 is 10.1 Å². The second-order valence-electron chi connectivity index (χ2n) is 2.91. The Bertz CT molecular complexity index is 147. The van der Waals surface area contributed by atoms with Gasteiger partial charge in [-0.1, -0.05) is 6.92 Å². The van der Waals surface area contributed by atoms with Gasteiger partial charge in [0.2, 0.25) is 0 Å². The zero-order valence-electron chi connectivity index (χ0n) is 7.09. The van der Waals surface area contributed by atoms with Crippen molar-refractivity contribution in [2.75, 3.05) is 6.54 Å². The van der Waals surface area contributed by atoms with Gasteiger partial charge in [-0.3, -0.25) is 4.79 Å². The third-order valence-corrected chi connectivity index (χ3v) is 2.04. The zero-order valence-corrected chi connectivity index (χ0v) is 7.09. The number of rotatable bonds is 2. The van der Waals surface area contributed by atoms with Crippen LogP contribution < -0.4 is 5.32 Å². The summed E-state index contributed by atoms with van der Waals surface area (Å²) in [5.41, 5.74) is 0. The van der Waals surface area contributed by atoms with E-state index in [0.717, 1.165) is 19.4 Å². The van der Waals surface area contributed by atoms with Crippen molar-refractivity contribution < 1.29 is 9.53 Å². The minimum atomic E-state index is -0.169. The molecule has 64 valence electrons. The lowest BCUT2D eigenvalue weighted by molar-refractivity contribution is -0.146. The average molecular weight is 157 g/mol. The molecular formula is C8H15NO2. The van der Waals surface area contributed by atoms with Crippen LogP contribution >= 0.6 is 0 Å². The highest BCUT2D eigenvalue weighted by Crippen LogP contribution is 2.13. The van der Waals surface area contributed by atoms with Crippen LogP contribution in [0.4, 0.5) is 0 Å². The number of carbonyl (C=O) groups excluding carboxylic acids is 1. The highest BCUT2D eigenvalue weighted by Gasteiger charge is 2.27. The maximum atomic E-state index is 10.6. The third-order valence-electron chi connectivity index (χ3n) is 2.04. The van der Waals surface area contributed by atoms with Gasteiger partial charge in [0.15, 0.2) is 0 Å². The molecule has 1 saturated heterocycles. The first-order valence-corrected chi connectivity index (χ1v) is 4.14. The van der Waals surface area contributed by atoms with E-state index in [9.17, 15) is 4.79 Å². The molecule has 0 aromatic carbocycles. The van der Waals surface area contributed by atoms with Crippen LogP contribution in [-0.2, 0) is 9.53 Å². The minimum Gasteiger partial charge on any atom is -0.461 e. The van der Waals surface area contributed by atoms with E-state index in [2.05, 4.69) is 12.2 Å². The summed E-state index contributed by atoms with van der Waals surface area (Å²) in [5.74, 6) is -0.169. The Morgan fingerprint density at radius 1 is 1.73 bits per heavy atom. The van der Waals surface area contributed by atoms with E-state index in [4.69, 9.17) is 4.74 Å². The molecule has 0 aromatic rings. The molecule has 1 aliphatic heterocycles. The van der Waals surface area contributed by atoms with Crippen LogP contribution in [0.5, 0.6) is 0 Å². The Morgan fingerprint density at radius 3 is 3.00 bits per heavy atom. The fourth-order valence-corrected chi connectivity index (χ4v) is 1.51. The molecule has 0 saturated carbocycles. The molecule has 3 nitrogen and oxygen atoms in total. The lowest BCUT2D eigenvalue weighted by atomic mass is 10.1. The van der Waals surface area contributed by atoms with Crippen molar-refractivity contribution in [3.63, 3.8) is 0 Å².